The SMILES string of the molecule is CN1CCC(CNc2cccc(S(=O)(=O)n3ccc4cc(F)ccc43)c2)CC1. The number of halogens is 1. The van der Waals surface area contributed by atoms with Crippen LogP contribution in [0, 0.1) is 11.7 Å². The third-order valence-electron chi connectivity index (χ3n) is 5.44. The summed E-state index contributed by atoms with van der Waals surface area (Å²) < 4.78 is 40.9. The standard InChI is InChI=1S/C21H24FN3O2S/c1-24-10-7-16(8-11-24)15-23-19-3-2-4-20(14-19)28(26,27)25-12-9-17-13-18(22)5-6-21(17)25/h2-6,9,12-14,16,23H,7-8,10-11,15H2,1H3. The van der Waals surface area contributed by atoms with Crippen molar-refractivity contribution in [1.29, 1.82) is 0 Å². The van der Waals surface area contributed by atoms with Gasteiger partial charge in [-0.15, -0.1) is 0 Å². The van der Waals surface area contributed by atoms with Crippen molar-refractivity contribution >= 4 is 26.6 Å². The largest absolute Gasteiger partial charge is 0.385 e. The van der Waals surface area contributed by atoms with Crippen molar-refractivity contribution in [2.75, 3.05) is 32.0 Å². The first-order valence-corrected chi connectivity index (χ1v) is 10.9. The van der Waals surface area contributed by atoms with Crippen LogP contribution in [0.1, 0.15) is 12.8 Å². The molecular weight excluding hydrogens is 377 g/mol. The van der Waals surface area contributed by atoms with E-state index in [1.807, 2.05) is 6.07 Å². The van der Waals surface area contributed by atoms with Crippen molar-refractivity contribution in [3.05, 3.63) is 60.5 Å². The molecule has 28 heavy (non-hydrogen) atoms. The van der Waals surface area contributed by atoms with Gasteiger partial charge < -0.3 is 10.2 Å². The Hall–Kier alpha value is -2.38. The number of anilines is 1. The Kier molecular flexibility index (Phi) is 5.12. The van der Waals surface area contributed by atoms with Crippen LogP contribution in [-0.4, -0.2) is 44.0 Å². The number of fused-ring (bicyclic) bond motifs is 1. The van der Waals surface area contributed by atoms with E-state index in [9.17, 15) is 12.8 Å². The van der Waals surface area contributed by atoms with Gasteiger partial charge in [-0.05, 0) is 81.4 Å². The summed E-state index contributed by atoms with van der Waals surface area (Å²) in [5.74, 6) is 0.211. The van der Waals surface area contributed by atoms with Crippen molar-refractivity contribution in [2.45, 2.75) is 17.7 Å². The van der Waals surface area contributed by atoms with Crippen LogP contribution in [0.25, 0.3) is 10.9 Å². The van der Waals surface area contributed by atoms with Crippen molar-refractivity contribution in [1.82, 2.24) is 8.87 Å². The number of hydrogen-bond acceptors (Lipinski definition) is 4. The maximum Gasteiger partial charge on any atom is 0.268 e. The summed E-state index contributed by atoms with van der Waals surface area (Å²) in [5, 5.41) is 3.95. The van der Waals surface area contributed by atoms with Crippen LogP contribution in [0.3, 0.4) is 0 Å². The number of aromatic nitrogens is 1. The van der Waals surface area contributed by atoms with Gasteiger partial charge in [0.15, 0.2) is 0 Å². The summed E-state index contributed by atoms with van der Waals surface area (Å²) >= 11 is 0. The van der Waals surface area contributed by atoms with Crippen LogP contribution in [0.5, 0.6) is 0 Å². The molecule has 0 spiro atoms. The molecule has 0 amide bonds. The van der Waals surface area contributed by atoms with Crippen molar-refractivity contribution in [3.63, 3.8) is 0 Å². The summed E-state index contributed by atoms with van der Waals surface area (Å²) in [7, 11) is -1.62. The van der Waals surface area contributed by atoms with Gasteiger partial charge in [0.2, 0.25) is 0 Å². The number of likely N-dealkylation sites (tertiary alicyclic amines) is 1. The third kappa shape index (κ3) is 3.77. The highest BCUT2D eigenvalue weighted by Gasteiger charge is 2.20. The quantitative estimate of drug-likeness (QED) is 0.707. The van der Waals surface area contributed by atoms with Crippen LogP contribution >= 0.6 is 0 Å². The molecule has 1 fully saturated rings. The Balaban J connectivity index is 1.55. The topological polar surface area (TPSA) is 54.3 Å². The van der Waals surface area contributed by atoms with E-state index in [0.29, 0.717) is 16.8 Å². The molecule has 0 aliphatic carbocycles. The van der Waals surface area contributed by atoms with E-state index in [1.54, 1.807) is 24.3 Å². The average molecular weight is 402 g/mol. The minimum atomic E-state index is -3.76. The first-order valence-electron chi connectivity index (χ1n) is 9.48. The van der Waals surface area contributed by atoms with E-state index in [0.717, 1.165) is 38.2 Å². The van der Waals surface area contributed by atoms with Crippen molar-refractivity contribution in [2.24, 2.45) is 5.92 Å². The molecule has 1 aromatic heterocycles. The molecular formula is C21H24FN3O2S. The Morgan fingerprint density at radius 1 is 1.11 bits per heavy atom. The molecule has 0 atom stereocenters. The molecule has 5 nitrogen and oxygen atoms in total. The van der Waals surface area contributed by atoms with E-state index in [-0.39, 0.29) is 10.7 Å². The molecule has 0 bridgehead atoms. The van der Waals surface area contributed by atoms with E-state index in [2.05, 4.69) is 17.3 Å². The lowest BCUT2D eigenvalue weighted by Gasteiger charge is -2.29. The van der Waals surface area contributed by atoms with Gasteiger partial charge in [-0.3, -0.25) is 0 Å². The molecule has 1 N–H and O–H groups in total. The number of rotatable bonds is 5. The number of piperidine rings is 1. The lowest BCUT2D eigenvalue weighted by molar-refractivity contribution is 0.226. The first-order chi connectivity index (χ1) is 13.4. The van der Waals surface area contributed by atoms with Crippen molar-refractivity contribution < 1.29 is 12.8 Å². The van der Waals surface area contributed by atoms with E-state index >= 15 is 0 Å². The van der Waals surface area contributed by atoms with Gasteiger partial charge in [0.1, 0.15) is 5.82 Å². The average Bonchev–Trinajstić information content (AvgIpc) is 3.11. The minimum Gasteiger partial charge on any atom is -0.385 e. The van der Waals surface area contributed by atoms with Gasteiger partial charge in [0, 0.05) is 23.8 Å². The molecule has 0 unspecified atom stereocenters. The predicted octanol–water partition coefficient (Wildman–Crippen LogP) is 3.77. The lowest BCUT2D eigenvalue weighted by atomic mass is 9.97. The van der Waals surface area contributed by atoms with Gasteiger partial charge in [0.25, 0.3) is 10.0 Å². The molecule has 0 saturated carbocycles. The maximum atomic E-state index is 13.4. The lowest BCUT2D eigenvalue weighted by Crippen LogP contribution is -2.32. The van der Waals surface area contributed by atoms with Gasteiger partial charge in [-0.25, -0.2) is 16.8 Å². The van der Waals surface area contributed by atoms with Crippen molar-refractivity contribution in [3.8, 4) is 0 Å². The van der Waals surface area contributed by atoms with E-state index < -0.39 is 10.0 Å². The minimum absolute atomic E-state index is 0.211. The molecule has 1 aliphatic heterocycles. The van der Waals surface area contributed by atoms with Crippen LogP contribution < -0.4 is 5.32 Å². The monoisotopic (exact) mass is 401 g/mol. The molecule has 1 saturated heterocycles. The summed E-state index contributed by atoms with van der Waals surface area (Å²) in [6, 6.07) is 12.6. The normalized spacial score (nSPS) is 16.5. The Bertz CT molecular complexity index is 1090. The van der Waals surface area contributed by atoms with Crippen LogP contribution in [0.15, 0.2) is 59.6 Å². The zero-order valence-corrected chi connectivity index (χ0v) is 16.6. The summed E-state index contributed by atoms with van der Waals surface area (Å²) in [4.78, 5) is 2.54. The highest BCUT2D eigenvalue weighted by Crippen LogP contribution is 2.25. The molecule has 2 heterocycles. The number of hydrogen-bond donors (Lipinski definition) is 1. The Morgan fingerprint density at radius 3 is 2.68 bits per heavy atom. The number of nitrogens with one attached hydrogen (secondary N) is 1. The molecule has 148 valence electrons. The summed E-state index contributed by atoms with van der Waals surface area (Å²) in [5.41, 5.74) is 1.26. The second-order valence-corrected chi connectivity index (χ2v) is 9.29. The Morgan fingerprint density at radius 2 is 1.89 bits per heavy atom. The van der Waals surface area contributed by atoms with Crippen LogP contribution in [-0.2, 0) is 10.0 Å². The smallest absolute Gasteiger partial charge is 0.268 e. The number of nitrogens with zero attached hydrogens (tertiary/aromatic N) is 2. The molecule has 0 radical (unpaired) electrons. The first kappa shape index (κ1) is 19.0. The molecule has 7 heteroatoms. The summed E-state index contributed by atoms with van der Waals surface area (Å²) in [6.07, 6.45) is 3.76. The van der Waals surface area contributed by atoms with Gasteiger partial charge in [0.05, 0.1) is 10.4 Å². The number of benzene rings is 2. The second-order valence-electron chi connectivity index (χ2n) is 7.48. The predicted molar refractivity (Wildman–Crippen MR) is 110 cm³/mol. The highest BCUT2D eigenvalue weighted by molar-refractivity contribution is 7.90. The fraction of sp³-hybridized carbons (Fsp3) is 0.333. The van der Waals surface area contributed by atoms with E-state index in [1.165, 1.54) is 28.4 Å². The fourth-order valence-electron chi connectivity index (χ4n) is 3.71. The highest BCUT2D eigenvalue weighted by atomic mass is 32.2. The third-order valence-corrected chi connectivity index (χ3v) is 7.13. The molecule has 3 aromatic rings. The maximum absolute atomic E-state index is 13.4. The van der Waals surface area contributed by atoms with E-state index in [4.69, 9.17) is 0 Å². The molecule has 2 aromatic carbocycles. The molecule has 4 rings (SSSR count). The second kappa shape index (κ2) is 7.56. The van der Waals surface area contributed by atoms with Gasteiger partial charge >= 0.3 is 0 Å². The van der Waals surface area contributed by atoms with Gasteiger partial charge in [-0.2, -0.15) is 0 Å². The Labute approximate surface area is 164 Å². The van der Waals surface area contributed by atoms with Crippen LogP contribution in [0.2, 0.25) is 0 Å². The summed E-state index contributed by atoms with van der Waals surface area (Å²) in [6.45, 7) is 3.03. The zero-order chi connectivity index (χ0) is 19.7. The molecule has 1 aliphatic rings. The van der Waals surface area contributed by atoms with Crippen LogP contribution in [0.4, 0.5) is 10.1 Å². The zero-order valence-electron chi connectivity index (χ0n) is 15.8. The van der Waals surface area contributed by atoms with Gasteiger partial charge in [-0.1, -0.05) is 6.07 Å². The fourth-order valence-corrected chi connectivity index (χ4v) is 5.11.